The van der Waals surface area contributed by atoms with E-state index in [1.165, 1.54) is 27.9 Å². The number of pyridine rings is 1. The van der Waals surface area contributed by atoms with E-state index in [1.807, 2.05) is 36.4 Å². The number of benzene rings is 4. The molecule has 0 aliphatic carbocycles. The number of fused-ring (bicyclic) bond motifs is 2. The molecule has 0 saturated heterocycles. The number of rotatable bonds is 4. The number of hydrogen-bond donors (Lipinski definition) is 1. The Balaban J connectivity index is 1.43. The zero-order valence-electron chi connectivity index (χ0n) is 22.3. The van der Waals surface area contributed by atoms with E-state index in [9.17, 15) is 5.11 Å². The van der Waals surface area contributed by atoms with Gasteiger partial charge >= 0.3 is 0 Å². The molecule has 4 heteroatoms. The average molecular weight is 508 g/mol. The van der Waals surface area contributed by atoms with Crippen LogP contribution < -0.4 is 0 Å². The van der Waals surface area contributed by atoms with Gasteiger partial charge in [-0.3, -0.25) is 4.57 Å². The minimum absolute atomic E-state index is 0.226. The molecule has 0 bridgehead atoms. The second kappa shape index (κ2) is 8.95. The van der Waals surface area contributed by atoms with Crippen molar-refractivity contribution in [3.8, 4) is 45.3 Å². The molecule has 1 aliphatic rings. The predicted molar refractivity (Wildman–Crippen MR) is 158 cm³/mol. The van der Waals surface area contributed by atoms with E-state index >= 15 is 0 Å². The first-order valence-corrected chi connectivity index (χ1v) is 13.5. The highest BCUT2D eigenvalue weighted by atomic mass is 16.3. The summed E-state index contributed by atoms with van der Waals surface area (Å²) < 4.78 is 2.39. The van der Waals surface area contributed by atoms with Gasteiger partial charge in [0.25, 0.3) is 0 Å². The molecule has 2 aromatic heterocycles. The summed E-state index contributed by atoms with van der Waals surface area (Å²) >= 11 is 0. The monoisotopic (exact) mass is 507 g/mol. The van der Waals surface area contributed by atoms with Crippen LogP contribution in [0.4, 0.5) is 0 Å². The Morgan fingerprint density at radius 1 is 0.718 bits per heavy atom. The average Bonchev–Trinajstić information content (AvgIpc) is 3.36. The molecule has 4 aromatic carbocycles. The molecule has 4 nitrogen and oxygen atoms in total. The van der Waals surface area contributed by atoms with E-state index in [2.05, 4.69) is 86.0 Å². The molecule has 6 aromatic rings. The molecule has 0 fully saturated rings. The van der Waals surface area contributed by atoms with Crippen LogP contribution in [-0.2, 0) is 0 Å². The van der Waals surface area contributed by atoms with Gasteiger partial charge in [-0.15, -0.1) is 0 Å². The summed E-state index contributed by atoms with van der Waals surface area (Å²) in [4.78, 5) is 10.1. The molecule has 0 radical (unpaired) electrons. The van der Waals surface area contributed by atoms with Crippen LogP contribution in [0.5, 0.6) is 5.75 Å². The molecule has 0 amide bonds. The molecule has 1 N–H and O–H groups in total. The summed E-state index contributed by atoms with van der Waals surface area (Å²) in [6, 6.07) is 34.9. The van der Waals surface area contributed by atoms with E-state index in [1.54, 1.807) is 6.07 Å². The van der Waals surface area contributed by atoms with Crippen molar-refractivity contribution in [1.29, 1.82) is 0 Å². The Labute approximate surface area is 228 Å². The fourth-order valence-electron chi connectivity index (χ4n) is 5.99. The fraction of sp³-hybridized carbons (Fsp3) is 0.143. The molecule has 1 atom stereocenters. The SMILES string of the molecule is CC(C)c1cccc2c1-n1c(-c3cccc(-c4cccc(-c5ccccc5O)n4)c3)nc3cccc(c31)C2C. The third kappa shape index (κ3) is 3.67. The Morgan fingerprint density at radius 3 is 2.28 bits per heavy atom. The number of aromatic nitrogens is 3. The van der Waals surface area contributed by atoms with Crippen molar-refractivity contribution in [2.75, 3.05) is 0 Å². The van der Waals surface area contributed by atoms with Crippen LogP contribution in [0, 0.1) is 0 Å². The number of phenols is 1. The van der Waals surface area contributed by atoms with Crippen LogP contribution in [0.2, 0.25) is 0 Å². The lowest BCUT2D eigenvalue weighted by Crippen LogP contribution is -2.15. The van der Waals surface area contributed by atoms with E-state index in [0.29, 0.717) is 11.8 Å². The zero-order valence-corrected chi connectivity index (χ0v) is 22.3. The Kier molecular flexibility index (Phi) is 5.38. The van der Waals surface area contributed by atoms with Gasteiger partial charge in [0, 0.05) is 22.6 Å². The summed E-state index contributed by atoms with van der Waals surface area (Å²) in [7, 11) is 0. The van der Waals surface area contributed by atoms with Crippen LogP contribution in [0.15, 0.2) is 103 Å². The molecule has 190 valence electrons. The largest absolute Gasteiger partial charge is 0.507 e. The normalized spacial score (nSPS) is 14.1. The second-order valence-corrected chi connectivity index (χ2v) is 10.7. The van der Waals surface area contributed by atoms with Gasteiger partial charge in [-0.2, -0.15) is 0 Å². The van der Waals surface area contributed by atoms with Gasteiger partial charge < -0.3 is 5.11 Å². The molecule has 1 unspecified atom stereocenters. The van der Waals surface area contributed by atoms with Crippen molar-refractivity contribution in [2.45, 2.75) is 32.6 Å². The first-order chi connectivity index (χ1) is 19.0. The number of hydrogen-bond acceptors (Lipinski definition) is 3. The van der Waals surface area contributed by atoms with E-state index in [4.69, 9.17) is 9.97 Å². The summed E-state index contributed by atoms with van der Waals surface area (Å²) in [5, 5.41) is 10.4. The number of nitrogens with zero attached hydrogens (tertiary/aromatic N) is 3. The van der Waals surface area contributed by atoms with Gasteiger partial charge in [-0.1, -0.05) is 87.5 Å². The molecule has 0 saturated carbocycles. The quantitative estimate of drug-likeness (QED) is 0.260. The van der Waals surface area contributed by atoms with Gasteiger partial charge in [0.15, 0.2) is 0 Å². The maximum atomic E-state index is 10.4. The van der Waals surface area contributed by atoms with Crippen molar-refractivity contribution in [3.05, 3.63) is 120 Å². The van der Waals surface area contributed by atoms with Gasteiger partial charge in [0.05, 0.1) is 28.1 Å². The highest BCUT2D eigenvalue weighted by molar-refractivity contribution is 5.90. The predicted octanol–water partition coefficient (Wildman–Crippen LogP) is 8.72. The van der Waals surface area contributed by atoms with Gasteiger partial charge in [0.1, 0.15) is 11.6 Å². The van der Waals surface area contributed by atoms with Crippen molar-refractivity contribution in [1.82, 2.24) is 14.5 Å². The van der Waals surface area contributed by atoms with Crippen molar-refractivity contribution < 1.29 is 5.11 Å². The highest BCUT2D eigenvalue weighted by Crippen LogP contribution is 2.45. The first kappa shape index (κ1) is 23.4. The Hall–Kier alpha value is -4.70. The molecular weight excluding hydrogens is 478 g/mol. The summed E-state index contributed by atoms with van der Waals surface area (Å²) in [5.74, 6) is 1.85. The van der Waals surface area contributed by atoms with Gasteiger partial charge in [-0.05, 0) is 59.0 Å². The third-order valence-corrected chi connectivity index (χ3v) is 7.93. The lowest BCUT2D eigenvalue weighted by molar-refractivity contribution is 0.477. The maximum absolute atomic E-state index is 10.4. The minimum atomic E-state index is 0.226. The van der Waals surface area contributed by atoms with E-state index < -0.39 is 0 Å². The number of aromatic hydroxyl groups is 1. The van der Waals surface area contributed by atoms with Crippen LogP contribution in [-0.4, -0.2) is 19.6 Å². The second-order valence-electron chi connectivity index (χ2n) is 10.7. The molecule has 7 rings (SSSR count). The van der Waals surface area contributed by atoms with Gasteiger partial charge in [-0.25, -0.2) is 9.97 Å². The van der Waals surface area contributed by atoms with E-state index in [-0.39, 0.29) is 5.75 Å². The van der Waals surface area contributed by atoms with Crippen LogP contribution in [0.25, 0.3) is 50.6 Å². The number of imidazole rings is 1. The standard InChI is InChI=1S/C35H29N3O/c1-21(2)25-13-7-14-26-22(3)27-15-8-18-31-34(27)38(33(25)26)35(37-31)24-11-6-10-23(20-24)29-16-9-17-30(36-29)28-12-4-5-19-32(28)39/h4-22,39H,1-3H3. The van der Waals surface area contributed by atoms with Crippen LogP contribution in [0.3, 0.4) is 0 Å². The number of para-hydroxylation sites is 3. The molecule has 39 heavy (non-hydrogen) atoms. The lowest BCUT2D eigenvalue weighted by Gasteiger charge is -2.29. The van der Waals surface area contributed by atoms with Crippen LogP contribution in [0.1, 0.15) is 49.3 Å². The molecule has 3 heterocycles. The summed E-state index contributed by atoms with van der Waals surface area (Å²) in [5.41, 5.74) is 11.8. The Bertz CT molecular complexity index is 1880. The zero-order chi connectivity index (χ0) is 26.7. The van der Waals surface area contributed by atoms with E-state index in [0.717, 1.165) is 39.4 Å². The molecule has 1 aliphatic heterocycles. The summed E-state index contributed by atoms with van der Waals surface area (Å²) in [6.07, 6.45) is 0. The van der Waals surface area contributed by atoms with Gasteiger partial charge in [0.2, 0.25) is 0 Å². The van der Waals surface area contributed by atoms with Crippen molar-refractivity contribution in [3.63, 3.8) is 0 Å². The number of phenolic OH excluding ortho intramolecular Hbond substituents is 1. The maximum Gasteiger partial charge on any atom is 0.145 e. The fourth-order valence-corrected chi connectivity index (χ4v) is 5.99. The Morgan fingerprint density at radius 2 is 1.44 bits per heavy atom. The summed E-state index contributed by atoms with van der Waals surface area (Å²) in [6.45, 7) is 6.83. The van der Waals surface area contributed by atoms with Crippen molar-refractivity contribution in [2.24, 2.45) is 0 Å². The molecule has 0 spiro atoms. The molecular formula is C35H29N3O. The third-order valence-electron chi connectivity index (χ3n) is 7.93. The first-order valence-electron chi connectivity index (χ1n) is 13.5. The smallest absolute Gasteiger partial charge is 0.145 e. The minimum Gasteiger partial charge on any atom is -0.507 e. The van der Waals surface area contributed by atoms with Crippen LogP contribution >= 0.6 is 0 Å². The topological polar surface area (TPSA) is 50.9 Å². The lowest BCUT2D eigenvalue weighted by atomic mass is 9.84. The van der Waals surface area contributed by atoms with Crippen molar-refractivity contribution >= 4 is 11.0 Å². The highest BCUT2D eigenvalue weighted by Gasteiger charge is 2.30.